The number of benzene rings is 2. The summed E-state index contributed by atoms with van der Waals surface area (Å²) >= 11 is 0. The first-order valence-electron chi connectivity index (χ1n) is 7.49. The van der Waals surface area contributed by atoms with Gasteiger partial charge in [0.1, 0.15) is 5.75 Å². The highest BCUT2D eigenvalue weighted by atomic mass is 16.5. The Morgan fingerprint density at radius 1 is 1.05 bits per heavy atom. The Kier molecular flexibility index (Phi) is 5.42. The first-order chi connectivity index (χ1) is 10.7. The van der Waals surface area contributed by atoms with Gasteiger partial charge in [-0.25, -0.2) is 0 Å². The maximum atomic E-state index is 12.3. The number of amides is 1. The summed E-state index contributed by atoms with van der Waals surface area (Å²) in [6.07, 6.45) is 0. The average Bonchev–Trinajstić information content (AvgIpc) is 2.57. The first-order valence-corrected chi connectivity index (χ1v) is 7.49. The Hall–Kier alpha value is -2.49. The fourth-order valence-electron chi connectivity index (χ4n) is 2.37. The maximum absolute atomic E-state index is 12.3. The summed E-state index contributed by atoms with van der Waals surface area (Å²) in [4.78, 5) is 14.6. The van der Waals surface area contributed by atoms with E-state index in [4.69, 9.17) is 4.74 Å². The molecule has 0 spiro atoms. The fraction of sp³-hybridized carbons (Fsp3) is 0.278. The third-order valence-electron chi connectivity index (χ3n) is 3.61. The van der Waals surface area contributed by atoms with E-state index in [1.807, 2.05) is 36.4 Å². The number of para-hydroxylation sites is 1. The summed E-state index contributed by atoms with van der Waals surface area (Å²) in [5, 5.41) is 2.90. The summed E-state index contributed by atoms with van der Waals surface area (Å²) in [6, 6.07) is 15.1. The summed E-state index contributed by atoms with van der Waals surface area (Å²) in [6.45, 7) is 6.18. The minimum atomic E-state index is -0.173. The van der Waals surface area contributed by atoms with Crippen molar-refractivity contribution in [2.45, 2.75) is 13.8 Å². The second kappa shape index (κ2) is 7.50. The number of hydrogen-bond donors (Lipinski definition) is 1. The second-order valence-corrected chi connectivity index (χ2v) is 4.87. The molecule has 0 radical (unpaired) electrons. The first kappa shape index (κ1) is 15.9. The molecule has 0 aliphatic rings. The number of anilines is 2. The quantitative estimate of drug-likeness (QED) is 0.882. The summed E-state index contributed by atoms with van der Waals surface area (Å²) in [5.74, 6) is 0.396. The zero-order valence-electron chi connectivity index (χ0n) is 13.3. The molecule has 2 aromatic carbocycles. The van der Waals surface area contributed by atoms with Gasteiger partial charge in [0, 0.05) is 24.5 Å². The number of carbonyl (C=O) groups is 1. The van der Waals surface area contributed by atoms with Crippen molar-refractivity contribution >= 4 is 17.3 Å². The van der Waals surface area contributed by atoms with Crippen LogP contribution in [0.25, 0.3) is 0 Å². The van der Waals surface area contributed by atoms with Crippen LogP contribution in [0.5, 0.6) is 5.75 Å². The normalized spacial score (nSPS) is 10.1. The molecule has 0 atom stereocenters. The molecule has 4 heteroatoms. The average molecular weight is 298 g/mol. The standard InChI is InChI=1S/C18H22N2O2/c1-4-20(5-2)15-12-10-14(11-13-15)19-18(21)16-8-6-7-9-17(16)22-3/h6-13H,4-5H2,1-3H3,(H,19,21). The van der Waals surface area contributed by atoms with Crippen LogP contribution in [-0.2, 0) is 0 Å². The Labute approximate surface area is 131 Å². The molecule has 1 N–H and O–H groups in total. The lowest BCUT2D eigenvalue weighted by atomic mass is 10.2. The highest BCUT2D eigenvalue weighted by Gasteiger charge is 2.11. The van der Waals surface area contributed by atoms with Crippen LogP contribution in [0.15, 0.2) is 48.5 Å². The minimum Gasteiger partial charge on any atom is -0.496 e. The lowest BCUT2D eigenvalue weighted by Gasteiger charge is -2.21. The number of rotatable bonds is 6. The maximum Gasteiger partial charge on any atom is 0.259 e. The molecule has 4 nitrogen and oxygen atoms in total. The summed E-state index contributed by atoms with van der Waals surface area (Å²) in [5.41, 5.74) is 2.45. The smallest absolute Gasteiger partial charge is 0.259 e. The zero-order valence-corrected chi connectivity index (χ0v) is 13.3. The third-order valence-corrected chi connectivity index (χ3v) is 3.61. The van der Waals surface area contributed by atoms with E-state index in [2.05, 4.69) is 24.1 Å². The van der Waals surface area contributed by atoms with E-state index in [1.54, 1.807) is 19.2 Å². The van der Waals surface area contributed by atoms with Gasteiger partial charge in [0.15, 0.2) is 0 Å². The van der Waals surface area contributed by atoms with Gasteiger partial charge in [0.2, 0.25) is 0 Å². The molecule has 0 saturated carbocycles. The van der Waals surface area contributed by atoms with E-state index in [9.17, 15) is 4.79 Å². The van der Waals surface area contributed by atoms with Gasteiger partial charge in [-0.05, 0) is 50.2 Å². The van der Waals surface area contributed by atoms with E-state index in [-0.39, 0.29) is 5.91 Å². The van der Waals surface area contributed by atoms with Crippen LogP contribution in [0.4, 0.5) is 11.4 Å². The fourth-order valence-corrected chi connectivity index (χ4v) is 2.37. The molecule has 0 saturated heterocycles. The van der Waals surface area contributed by atoms with Gasteiger partial charge in [-0.1, -0.05) is 12.1 Å². The van der Waals surface area contributed by atoms with Crippen LogP contribution in [0.2, 0.25) is 0 Å². The number of carbonyl (C=O) groups excluding carboxylic acids is 1. The van der Waals surface area contributed by atoms with Crippen LogP contribution < -0.4 is 15.0 Å². The molecule has 0 bridgehead atoms. The molecule has 2 rings (SSSR count). The molecule has 0 heterocycles. The monoisotopic (exact) mass is 298 g/mol. The van der Waals surface area contributed by atoms with Crippen molar-refractivity contribution < 1.29 is 9.53 Å². The number of methoxy groups -OCH3 is 1. The van der Waals surface area contributed by atoms with Gasteiger partial charge in [-0.15, -0.1) is 0 Å². The summed E-state index contributed by atoms with van der Waals surface area (Å²) < 4.78 is 5.22. The number of hydrogen-bond acceptors (Lipinski definition) is 3. The van der Waals surface area contributed by atoms with E-state index in [0.29, 0.717) is 11.3 Å². The molecule has 116 valence electrons. The number of nitrogens with zero attached hydrogens (tertiary/aromatic N) is 1. The van der Waals surface area contributed by atoms with Crippen molar-refractivity contribution in [2.75, 3.05) is 30.4 Å². The predicted molar refractivity (Wildman–Crippen MR) is 91.0 cm³/mol. The van der Waals surface area contributed by atoms with Crippen LogP contribution in [0.3, 0.4) is 0 Å². The van der Waals surface area contributed by atoms with Crippen molar-refractivity contribution in [3.8, 4) is 5.75 Å². The van der Waals surface area contributed by atoms with Crippen molar-refractivity contribution in [2.24, 2.45) is 0 Å². The second-order valence-electron chi connectivity index (χ2n) is 4.87. The Bertz CT molecular complexity index is 619. The van der Waals surface area contributed by atoms with Crippen LogP contribution in [-0.4, -0.2) is 26.1 Å². The van der Waals surface area contributed by atoms with E-state index >= 15 is 0 Å². The molecule has 22 heavy (non-hydrogen) atoms. The SMILES string of the molecule is CCN(CC)c1ccc(NC(=O)c2ccccc2OC)cc1. The Morgan fingerprint density at radius 3 is 2.27 bits per heavy atom. The van der Waals surface area contributed by atoms with Crippen molar-refractivity contribution in [3.63, 3.8) is 0 Å². The highest BCUT2D eigenvalue weighted by Crippen LogP contribution is 2.21. The molecule has 0 unspecified atom stereocenters. The number of ether oxygens (including phenoxy) is 1. The molecule has 0 aromatic heterocycles. The largest absolute Gasteiger partial charge is 0.496 e. The summed E-state index contributed by atoms with van der Waals surface area (Å²) in [7, 11) is 1.56. The number of nitrogens with one attached hydrogen (secondary N) is 1. The minimum absolute atomic E-state index is 0.173. The molecule has 0 aliphatic heterocycles. The molecule has 0 fully saturated rings. The lowest BCUT2D eigenvalue weighted by Crippen LogP contribution is -2.21. The highest BCUT2D eigenvalue weighted by molar-refractivity contribution is 6.06. The molecular formula is C18H22N2O2. The van der Waals surface area contributed by atoms with Crippen molar-refractivity contribution in [1.82, 2.24) is 0 Å². The van der Waals surface area contributed by atoms with Crippen LogP contribution >= 0.6 is 0 Å². The Balaban J connectivity index is 2.12. The van der Waals surface area contributed by atoms with E-state index in [0.717, 1.165) is 24.5 Å². The van der Waals surface area contributed by atoms with E-state index < -0.39 is 0 Å². The van der Waals surface area contributed by atoms with Crippen molar-refractivity contribution in [1.29, 1.82) is 0 Å². The van der Waals surface area contributed by atoms with Crippen LogP contribution in [0.1, 0.15) is 24.2 Å². The topological polar surface area (TPSA) is 41.6 Å². The van der Waals surface area contributed by atoms with Gasteiger partial charge in [0.25, 0.3) is 5.91 Å². The lowest BCUT2D eigenvalue weighted by molar-refractivity contribution is 0.102. The molecule has 2 aromatic rings. The van der Waals surface area contributed by atoms with Crippen molar-refractivity contribution in [3.05, 3.63) is 54.1 Å². The molecular weight excluding hydrogens is 276 g/mol. The van der Waals surface area contributed by atoms with Gasteiger partial charge >= 0.3 is 0 Å². The van der Waals surface area contributed by atoms with Gasteiger partial charge in [-0.3, -0.25) is 4.79 Å². The zero-order chi connectivity index (χ0) is 15.9. The van der Waals surface area contributed by atoms with Gasteiger partial charge in [-0.2, -0.15) is 0 Å². The Morgan fingerprint density at radius 2 is 1.68 bits per heavy atom. The van der Waals surface area contributed by atoms with Gasteiger partial charge < -0.3 is 15.0 Å². The van der Waals surface area contributed by atoms with E-state index in [1.165, 1.54) is 0 Å². The molecule has 1 amide bonds. The van der Waals surface area contributed by atoms with Crippen LogP contribution in [0, 0.1) is 0 Å². The predicted octanol–water partition coefficient (Wildman–Crippen LogP) is 3.79. The third kappa shape index (κ3) is 3.58. The van der Waals surface area contributed by atoms with Gasteiger partial charge in [0.05, 0.1) is 12.7 Å². The molecule has 0 aliphatic carbocycles.